The van der Waals surface area contributed by atoms with E-state index in [9.17, 15) is 4.79 Å². The number of rotatable bonds is 3. The SMILES string of the molecule is CN(C)C(=O)c1ccc(N)cc1Nc1ccccc1C#N. The molecule has 2 aromatic carbocycles. The highest BCUT2D eigenvalue weighted by Crippen LogP contribution is 2.26. The molecule has 0 saturated carbocycles. The van der Waals surface area contributed by atoms with E-state index < -0.39 is 0 Å². The highest BCUT2D eigenvalue weighted by molar-refractivity contribution is 6.00. The summed E-state index contributed by atoms with van der Waals surface area (Å²) in [6.07, 6.45) is 0. The van der Waals surface area contributed by atoms with Crippen LogP contribution in [-0.2, 0) is 0 Å². The Kier molecular flexibility index (Phi) is 4.10. The zero-order valence-corrected chi connectivity index (χ0v) is 11.9. The highest BCUT2D eigenvalue weighted by atomic mass is 16.2. The van der Waals surface area contributed by atoms with Gasteiger partial charge >= 0.3 is 0 Å². The number of carbonyl (C=O) groups excluding carboxylic acids is 1. The van der Waals surface area contributed by atoms with E-state index in [-0.39, 0.29) is 5.91 Å². The van der Waals surface area contributed by atoms with E-state index in [1.165, 1.54) is 4.90 Å². The van der Waals surface area contributed by atoms with E-state index in [4.69, 9.17) is 11.0 Å². The maximum absolute atomic E-state index is 12.2. The smallest absolute Gasteiger partial charge is 0.255 e. The molecule has 0 unspecified atom stereocenters. The number of benzene rings is 2. The van der Waals surface area contributed by atoms with Crippen molar-refractivity contribution < 1.29 is 4.79 Å². The zero-order valence-electron chi connectivity index (χ0n) is 11.9. The first-order valence-corrected chi connectivity index (χ1v) is 6.40. The number of nitriles is 1. The van der Waals surface area contributed by atoms with Gasteiger partial charge in [0.25, 0.3) is 5.91 Å². The van der Waals surface area contributed by atoms with Crippen LogP contribution in [-0.4, -0.2) is 24.9 Å². The molecule has 0 atom stereocenters. The average Bonchev–Trinajstić information content (AvgIpc) is 2.47. The normalized spacial score (nSPS) is 9.76. The van der Waals surface area contributed by atoms with Crippen molar-refractivity contribution in [3.8, 4) is 6.07 Å². The number of carbonyl (C=O) groups is 1. The van der Waals surface area contributed by atoms with Gasteiger partial charge in [0.2, 0.25) is 0 Å². The number of hydrogen-bond donors (Lipinski definition) is 2. The molecule has 0 bridgehead atoms. The van der Waals surface area contributed by atoms with Crippen LogP contribution in [0.2, 0.25) is 0 Å². The minimum Gasteiger partial charge on any atom is -0.399 e. The third-order valence-corrected chi connectivity index (χ3v) is 3.00. The molecule has 5 nitrogen and oxygen atoms in total. The summed E-state index contributed by atoms with van der Waals surface area (Å²) in [5, 5.41) is 12.2. The van der Waals surface area contributed by atoms with Crippen molar-refractivity contribution in [2.75, 3.05) is 25.1 Å². The summed E-state index contributed by atoms with van der Waals surface area (Å²) in [5.74, 6) is -0.132. The molecule has 0 saturated heterocycles. The van der Waals surface area contributed by atoms with Crippen molar-refractivity contribution in [3.05, 3.63) is 53.6 Å². The molecule has 0 aromatic heterocycles. The van der Waals surface area contributed by atoms with Crippen molar-refractivity contribution >= 4 is 23.0 Å². The second kappa shape index (κ2) is 5.97. The largest absolute Gasteiger partial charge is 0.399 e. The molecule has 0 aliphatic rings. The van der Waals surface area contributed by atoms with Crippen LogP contribution in [0.3, 0.4) is 0 Å². The van der Waals surface area contributed by atoms with Crippen molar-refractivity contribution in [1.82, 2.24) is 4.90 Å². The summed E-state index contributed by atoms with van der Waals surface area (Å²) in [7, 11) is 3.37. The van der Waals surface area contributed by atoms with Crippen LogP contribution in [0.15, 0.2) is 42.5 Å². The van der Waals surface area contributed by atoms with Crippen molar-refractivity contribution in [3.63, 3.8) is 0 Å². The van der Waals surface area contributed by atoms with Crippen LogP contribution in [0.5, 0.6) is 0 Å². The number of nitrogen functional groups attached to an aromatic ring is 1. The summed E-state index contributed by atoms with van der Waals surface area (Å²) < 4.78 is 0. The maximum Gasteiger partial charge on any atom is 0.255 e. The van der Waals surface area contributed by atoms with E-state index in [0.717, 1.165) is 0 Å². The van der Waals surface area contributed by atoms with E-state index in [0.29, 0.717) is 28.2 Å². The molecule has 0 aliphatic heterocycles. The topological polar surface area (TPSA) is 82.2 Å². The van der Waals surface area contributed by atoms with Gasteiger partial charge in [-0.3, -0.25) is 4.79 Å². The fourth-order valence-electron chi connectivity index (χ4n) is 1.93. The van der Waals surface area contributed by atoms with Gasteiger partial charge in [0, 0.05) is 19.8 Å². The third kappa shape index (κ3) is 3.12. The predicted octanol–water partition coefficient (Wildman–Crippen LogP) is 2.59. The summed E-state index contributed by atoms with van der Waals surface area (Å²) in [6, 6.07) is 14.3. The molecule has 0 radical (unpaired) electrons. The second-order valence-corrected chi connectivity index (χ2v) is 4.79. The molecule has 0 spiro atoms. The first kappa shape index (κ1) is 14.4. The van der Waals surface area contributed by atoms with E-state index >= 15 is 0 Å². The fraction of sp³-hybridized carbons (Fsp3) is 0.125. The Labute approximate surface area is 123 Å². The van der Waals surface area contributed by atoms with E-state index in [2.05, 4.69) is 11.4 Å². The Hall–Kier alpha value is -3.00. The predicted molar refractivity (Wildman–Crippen MR) is 83.3 cm³/mol. The number of hydrogen-bond acceptors (Lipinski definition) is 4. The second-order valence-electron chi connectivity index (χ2n) is 4.79. The van der Waals surface area contributed by atoms with Crippen LogP contribution in [0.4, 0.5) is 17.1 Å². The molecule has 2 rings (SSSR count). The lowest BCUT2D eigenvalue weighted by Crippen LogP contribution is -2.22. The van der Waals surface area contributed by atoms with Gasteiger partial charge in [-0.1, -0.05) is 12.1 Å². The molecule has 21 heavy (non-hydrogen) atoms. The molecule has 0 fully saturated rings. The first-order chi connectivity index (χ1) is 10.0. The van der Waals surface area contributed by atoms with Gasteiger partial charge in [0.15, 0.2) is 0 Å². The van der Waals surface area contributed by atoms with Crippen molar-refractivity contribution in [2.45, 2.75) is 0 Å². The summed E-state index contributed by atoms with van der Waals surface area (Å²) >= 11 is 0. The first-order valence-electron chi connectivity index (χ1n) is 6.40. The third-order valence-electron chi connectivity index (χ3n) is 3.00. The Morgan fingerprint density at radius 3 is 2.57 bits per heavy atom. The number of nitrogens with two attached hydrogens (primary N) is 1. The molecule has 3 N–H and O–H groups in total. The minimum atomic E-state index is -0.132. The Bertz CT molecular complexity index is 716. The zero-order chi connectivity index (χ0) is 15.4. The van der Waals surface area contributed by atoms with Crippen LogP contribution in [0.25, 0.3) is 0 Å². The molecule has 2 aromatic rings. The van der Waals surface area contributed by atoms with E-state index in [1.807, 2.05) is 6.07 Å². The molecule has 0 heterocycles. The van der Waals surface area contributed by atoms with Crippen LogP contribution in [0.1, 0.15) is 15.9 Å². The lowest BCUT2D eigenvalue weighted by Gasteiger charge is -2.16. The molecular weight excluding hydrogens is 264 g/mol. The van der Waals surface area contributed by atoms with Gasteiger partial charge in [-0.25, -0.2) is 0 Å². The molecular formula is C16H16N4O. The lowest BCUT2D eigenvalue weighted by atomic mass is 10.1. The van der Waals surface area contributed by atoms with Gasteiger partial charge < -0.3 is 16.0 Å². The van der Waals surface area contributed by atoms with Gasteiger partial charge in [0.05, 0.1) is 22.5 Å². The van der Waals surface area contributed by atoms with Crippen molar-refractivity contribution in [1.29, 1.82) is 5.26 Å². The standard InChI is InChI=1S/C16H16N4O/c1-20(2)16(21)13-8-7-12(18)9-15(13)19-14-6-4-3-5-11(14)10-17/h3-9,19H,18H2,1-2H3. The minimum absolute atomic E-state index is 0.132. The molecule has 0 aliphatic carbocycles. The average molecular weight is 280 g/mol. The number of nitrogens with zero attached hydrogens (tertiary/aromatic N) is 2. The monoisotopic (exact) mass is 280 g/mol. The Morgan fingerprint density at radius 2 is 1.90 bits per heavy atom. The molecule has 106 valence electrons. The van der Waals surface area contributed by atoms with Crippen LogP contribution in [0, 0.1) is 11.3 Å². The van der Waals surface area contributed by atoms with Crippen molar-refractivity contribution in [2.24, 2.45) is 0 Å². The Morgan fingerprint density at radius 1 is 1.19 bits per heavy atom. The lowest BCUT2D eigenvalue weighted by molar-refractivity contribution is 0.0828. The maximum atomic E-state index is 12.2. The van der Waals surface area contributed by atoms with Gasteiger partial charge in [-0.2, -0.15) is 5.26 Å². The molecule has 5 heteroatoms. The van der Waals surface area contributed by atoms with Gasteiger partial charge in [-0.15, -0.1) is 0 Å². The Balaban J connectivity index is 2.46. The highest BCUT2D eigenvalue weighted by Gasteiger charge is 2.14. The number of para-hydroxylation sites is 1. The van der Waals surface area contributed by atoms with Crippen LogP contribution >= 0.6 is 0 Å². The van der Waals surface area contributed by atoms with Gasteiger partial charge in [0.1, 0.15) is 6.07 Å². The van der Waals surface area contributed by atoms with E-state index in [1.54, 1.807) is 50.5 Å². The number of anilines is 3. The summed E-state index contributed by atoms with van der Waals surface area (Å²) in [4.78, 5) is 13.7. The summed E-state index contributed by atoms with van der Waals surface area (Å²) in [6.45, 7) is 0. The number of nitrogens with one attached hydrogen (secondary N) is 1. The number of amides is 1. The fourth-order valence-corrected chi connectivity index (χ4v) is 1.93. The van der Waals surface area contributed by atoms with Crippen LogP contribution < -0.4 is 11.1 Å². The molecule has 1 amide bonds. The quantitative estimate of drug-likeness (QED) is 0.847. The summed E-state index contributed by atoms with van der Waals surface area (Å²) in [5.41, 5.74) is 8.56. The van der Waals surface area contributed by atoms with Gasteiger partial charge in [-0.05, 0) is 30.3 Å².